The highest BCUT2D eigenvalue weighted by Gasteiger charge is 2.30. The molecule has 0 aliphatic heterocycles. The van der Waals surface area contributed by atoms with Gasteiger partial charge in [0.25, 0.3) is 0 Å². The first-order valence-electron chi connectivity index (χ1n) is 12.5. The molecule has 7 N–H and O–H groups in total. The monoisotopic (exact) mass is 546 g/mol. The third kappa shape index (κ3) is 10.5. The molecule has 0 spiro atoms. The maximum atomic E-state index is 13.4. The standard InChI is InChI=1S/C26H38N6O5S/c1-16(2)11-22(26(36)37)32-24(34)20(9-10-38-3)30-25(35)21(12-17-7-5-4-6-8-17)31-23(33)19(27)13-18-14-28-15-29-18/h4-8,14-16,19-22H,9-13,27H2,1-3H3,(H,28,29)(H,30,35)(H,31,33)(H,32,34)(H,36,37). The molecule has 208 valence electrons. The van der Waals surface area contributed by atoms with Crippen LogP contribution in [0, 0.1) is 5.92 Å². The van der Waals surface area contributed by atoms with Gasteiger partial charge in [-0.05, 0) is 36.3 Å². The van der Waals surface area contributed by atoms with Crippen LogP contribution >= 0.6 is 11.8 Å². The number of H-pyrrole nitrogens is 1. The zero-order chi connectivity index (χ0) is 28.1. The van der Waals surface area contributed by atoms with Crippen LogP contribution in [0.5, 0.6) is 0 Å². The van der Waals surface area contributed by atoms with Gasteiger partial charge in [0, 0.05) is 24.7 Å². The van der Waals surface area contributed by atoms with Crippen LogP contribution in [0.4, 0.5) is 0 Å². The van der Waals surface area contributed by atoms with E-state index >= 15 is 0 Å². The maximum absolute atomic E-state index is 13.4. The highest BCUT2D eigenvalue weighted by atomic mass is 32.2. The number of rotatable bonds is 16. The fraction of sp³-hybridized carbons (Fsp3) is 0.500. The number of nitrogens with zero attached hydrogens (tertiary/aromatic N) is 1. The van der Waals surface area contributed by atoms with Gasteiger partial charge in [0.1, 0.15) is 18.1 Å². The fourth-order valence-electron chi connectivity index (χ4n) is 3.81. The van der Waals surface area contributed by atoms with Crippen molar-refractivity contribution in [3.63, 3.8) is 0 Å². The minimum atomic E-state index is -1.14. The summed E-state index contributed by atoms with van der Waals surface area (Å²) in [6.45, 7) is 3.73. The number of aromatic nitrogens is 2. The van der Waals surface area contributed by atoms with Gasteiger partial charge in [0.05, 0.1) is 12.4 Å². The maximum Gasteiger partial charge on any atom is 0.326 e. The van der Waals surface area contributed by atoms with Crippen molar-refractivity contribution in [1.82, 2.24) is 25.9 Å². The second-order valence-corrected chi connectivity index (χ2v) is 10.5. The lowest BCUT2D eigenvalue weighted by molar-refractivity contribution is -0.142. The molecule has 0 radical (unpaired) electrons. The van der Waals surface area contributed by atoms with Crippen molar-refractivity contribution >= 4 is 35.5 Å². The molecule has 12 heteroatoms. The summed E-state index contributed by atoms with van der Waals surface area (Å²) >= 11 is 1.50. The summed E-state index contributed by atoms with van der Waals surface area (Å²) in [6, 6.07) is 5.18. The summed E-state index contributed by atoms with van der Waals surface area (Å²) in [4.78, 5) is 57.8. The van der Waals surface area contributed by atoms with Crippen molar-refractivity contribution in [1.29, 1.82) is 0 Å². The molecule has 1 heterocycles. The van der Waals surface area contributed by atoms with Crippen LogP contribution < -0.4 is 21.7 Å². The summed E-state index contributed by atoms with van der Waals surface area (Å²) < 4.78 is 0. The van der Waals surface area contributed by atoms with Crippen LogP contribution in [0.2, 0.25) is 0 Å². The predicted octanol–water partition coefficient (Wildman–Crippen LogP) is 0.860. The Morgan fingerprint density at radius 2 is 1.61 bits per heavy atom. The first kappa shape index (κ1) is 30.8. The third-order valence-corrected chi connectivity index (χ3v) is 6.46. The number of nitrogens with two attached hydrogens (primary N) is 1. The summed E-state index contributed by atoms with van der Waals surface area (Å²) in [7, 11) is 0. The number of nitrogens with one attached hydrogen (secondary N) is 4. The number of carbonyl (C=O) groups is 4. The number of aromatic amines is 1. The van der Waals surface area contributed by atoms with Gasteiger partial charge >= 0.3 is 5.97 Å². The van der Waals surface area contributed by atoms with Crippen molar-refractivity contribution in [2.75, 3.05) is 12.0 Å². The smallest absolute Gasteiger partial charge is 0.326 e. The number of hydrogen-bond donors (Lipinski definition) is 6. The van der Waals surface area contributed by atoms with Crippen LogP contribution in [0.1, 0.15) is 37.9 Å². The lowest BCUT2D eigenvalue weighted by Crippen LogP contribution is -2.58. The van der Waals surface area contributed by atoms with Gasteiger partial charge < -0.3 is 31.8 Å². The molecule has 11 nitrogen and oxygen atoms in total. The largest absolute Gasteiger partial charge is 0.480 e. The Kier molecular flexibility index (Phi) is 12.8. The van der Waals surface area contributed by atoms with E-state index in [0.717, 1.165) is 5.56 Å². The molecule has 0 aliphatic rings. The number of hydrogen-bond acceptors (Lipinski definition) is 7. The van der Waals surface area contributed by atoms with E-state index in [0.29, 0.717) is 11.4 Å². The van der Waals surface area contributed by atoms with Crippen LogP contribution in [-0.4, -0.2) is 74.9 Å². The number of amides is 3. The molecular formula is C26H38N6O5S. The molecule has 0 saturated carbocycles. The van der Waals surface area contributed by atoms with E-state index in [1.54, 1.807) is 6.20 Å². The second kappa shape index (κ2) is 15.8. The fourth-order valence-corrected chi connectivity index (χ4v) is 4.28. The van der Waals surface area contributed by atoms with Crippen molar-refractivity contribution in [3.05, 3.63) is 54.1 Å². The predicted molar refractivity (Wildman–Crippen MR) is 146 cm³/mol. The van der Waals surface area contributed by atoms with E-state index < -0.39 is 47.9 Å². The minimum Gasteiger partial charge on any atom is -0.480 e. The molecule has 3 amide bonds. The normalized spacial score (nSPS) is 14.2. The van der Waals surface area contributed by atoms with Crippen molar-refractivity contribution in [3.8, 4) is 0 Å². The highest BCUT2D eigenvalue weighted by Crippen LogP contribution is 2.09. The topological polar surface area (TPSA) is 179 Å². The summed E-state index contributed by atoms with van der Waals surface area (Å²) in [6.07, 6.45) is 5.85. The van der Waals surface area contributed by atoms with Gasteiger partial charge in [0.15, 0.2) is 0 Å². The Hall–Kier alpha value is -3.38. The molecule has 0 saturated heterocycles. The first-order valence-corrected chi connectivity index (χ1v) is 13.9. The minimum absolute atomic E-state index is 0.0482. The Morgan fingerprint density at radius 1 is 0.974 bits per heavy atom. The van der Waals surface area contributed by atoms with Crippen LogP contribution in [-0.2, 0) is 32.0 Å². The van der Waals surface area contributed by atoms with Crippen molar-refractivity contribution < 1.29 is 24.3 Å². The number of benzene rings is 1. The number of imidazole rings is 1. The Labute approximate surface area is 227 Å². The van der Waals surface area contributed by atoms with Crippen LogP contribution in [0.15, 0.2) is 42.9 Å². The number of thioether (sulfide) groups is 1. The Morgan fingerprint density at radius 3 is 2.18 bits per heavy atom. The van der Waals surface area contributed by atoms with E-state index in [1.807, 2.05) is 50.4 Å². The zero-order valence-electron chi connectivity index (χ0n) is 22.0. The molecule has 4 atom stereocenters. The quantitative estimate of drug-likeness (QED) is 0.179. The molecule has 0 aliphatic carbocycles. The van der Waals surface area contributed by atoms with E-state index in [9.17, 15) is 24.3 Å². The van der Waals surface area contributed by atoms with Gasteiger partial charge in [0.2, 0.25) is 17.7 Å². The van der Waals surface area contributed by atoms with Gasteiger partial charge in [-0.15, -0.1) is 0 Å². The Bertz CT molecular complexity index is 1030. The zero-order valence-corrected chi connectivity index (χ0v) is 22.8. The number of carboxylic acid groups (broad SMARTS) is 1. The summed E-state index contributed by atoms with van der Waals surface area (Å²) in [5, 5.41) is 17.5. The van der Waals surface area contributed by atoms with Gasteiger partial charge in [-0.3, -0.25) is 14.4 Å². The van der Waals surface area contributed by atoms with E-state index in [-0.39, 0.29) is 31.6 Å². The molecule has 2 rings (SSSR count). The molecule has 1 aromatic heterocycles. The highest BCUT2D eigenvalue weighted by molar-refractivity contribution is 7.98. The molecule has 4 unspecified atom stereocenters. The first-order chi connectivity index (χ1) is 18.1. The lowest BCUT2D eigenvalue weighted by atomic mass is 10.0. The molecule has 0 bridgehead atoms. The summed E-state index contributed by atoms with van der Waals surface area (Å²) in [5.41, 5.74) is 7.56. The summed E-state index contributed by atoms with van der Waals surface area (Å²) in [5.74, 6) is -2.20. The van der Waals surface area contributed by atoms with Crippen molar-refractivity contribution in [2.45, 2.75) is 63.7 Å². The second-order valence-electron chi connectivity index (χ2n) is 9.51. The van der Waals surface area contributed by atoms with Gasteiger partial charge in [-0.2, -0.15) is 11.8 Å². The number of carboxylic acids is 1. The third-order valence-electron chi connectivity index (χ3n) is 5.81. The van der Waals surface area contributed by atoms with E-state index in [1.165, 1.54) is 18.1 Å². The molecule has 2 aromatic rings. The van der Waals surface area contributed by atoms with Crippen molar-refractivity contribution in [2.24, 2.45) is 11.7 Å². The molecule has 0 fully saturated rings. The molecule has 38 heavy (non-hydrogen) atoms. The molecule has 1 aromatic carbocycles. The number of aliphatic carboxylic acids is 1. The Balaban J connectivity index is 2.18. The SMILES string of the molecule is CSCCC(NC(=O)C(Cc1ccccc1)NC(=O)C(N)Cc1cnc[nH]1)C(=O)NC(CC(C)C)C(=O)O. The number of carbonyl (C=O) groups excluding carboxylic acids is 3. The van der Waals surface area contributed by atoms with Crippen LogP contribution in [0.3, 0.4) is 0 Å². The van der Waals surface area contributed by atoms with E-state index in [4.69, 9.17) is 5.73 Å². The molecular weight excluding hydrogens is 508 g/mol. The average molecular weight is 547 g/mol. The van der Waals surface area contributed by atoms with Gasteiger partial charge in [-0.1, -0.05) is 44.2 Å². The van der Waals surface area contributed by atoms with Gasteiger partial charge in [-0.25, -0.2) is 9.78 Å². The van der Waals surface area contributed by atoms with E-state index in [2.05, 4.69) is 25.9 Å². The lowest BCUT2D eigenvalue weighted by Gasteiger charge is -2.25. The van der Waals surface area contributed by atoms with Crippen LogP contribution in [0.25, 0.3) is 0 Å². The average Bonchev–Trinajstić information content (AvgIpc) is 3.38.